The third-order valence-corrected chi connectivity index (χ3v) is 3.10. The van der Waals surface area contributed by atoms with E-state index in [0.29, 0.717) is 5.69 Å². The Bertz CT molecular complexity index is 656. The van der Waals surface area contributed by atoms with Gasteiger partial charge in [0.2, 0.25) is 11.8 Å². The maximum atomic E-state index is 12.1. The number of hydrogen-bond acceptors (Lipinski definition) is 3. The van der Waals surface area contributed by atoms with Crippen molar-refractivity contribution in [1.29, 1.82) is 0 Å². The van der Waals surface area contributed by atoms with E-state index in [9.17, 15) is 14.7 Å². The van der Waals surface area contributed by atoms with Crippen molar-refractivity contribution in [2.24, 2.45) is 0 Å². The molecule has 114 valence electrons. The van der Waals surface area contributed by atoms with E-state index < -0.39 is 6.04 Å². The Labute approximate surface area is 129 Å². The first-order valence-electron chi connectivity index (χ1n) is 6.95. The Morgan fingerprint density at radius 2 is 1.82 bits per heavy atom. The number of carbonyl (C=O) groups is 2. The number of aromatic hydroxyl groups is 1. The molecule has 0 fully saturated rings. The number of benzene rings is 2. The van der Waals surface area contributed by atoms with Crippen LogP contribution in [0.15, 0.2) is 54.6 Å². The van der Waals surface area contributed by atoms with E-state index in [2.05, 4.69) is 10.6 Å². The van der Waals surface area contributed by atoms with Crippen molar-refractivity contribution in [3.05, 3.63) is 60.2 Å². The van der Waals surface area contributed by atoms with Crippen LogP contribution in [0.1, 0.15) is 24.9 Å². The van der Waals surface area contributed by atoms with Crippen LogP contribution in [-0.4, -0.2) is 16.9 Å². The van der Waals surface area contributed by atoms with Gasteiger partial charge in [-0.15, -0.1) is 0 Å². The van der Waals surface area contributed by atoms with E-state index in [1.807, 2.05) is 30.3 Å². The monoisotopic (exact) mass is 298 g/mol. The van der Waals surface area contributed by atoms with E-state index in [-0.39, 0.29) is 24.0 Å². The molecule has 1 atom stereocenters. The molecule has 2 rings (SSSR count). The summed E-state index contributed by atoms with van der Waals surface area (Å²) >= 11 is 0. The fourth-order valence-corrected chi connectivity index (χ4v) is 2.16. The third kappa shape index (κ3) is 4.63. The van der Waals surface area contributed by atoms with E-state index in [4.69, 9.17) is 0 Å². The lowest BCUT2D eigenvalue weighted by molar-refractivity contribution is -0.120. The third-order valence-electron chi connectivity index (χ3n) is 3.10. The second-order valence-electron chi connectivity index (χ2n) is 4.97. The standard InChI is InChI=1S/C17H18N2O3/c1-12(20)18-16(13-6-3-2-4-7-13)11-17(22)19-14-8-5-9-15(21)10-14/h2-10,16,21H,11H2,1H3,(H,18,20)(H,19,22). The Balaban J connectivity index is 2.06. The SMILES string of the molecule is CC(=O)NC(CC(=O)Nc1cccc(O)c1)c1ccccc1. The van der Waals surface area contributed by atoms with Gasteiger partial charge >= 0.3 is 0 Å². The number of phenols is 1. The number of amides is 2. The van der Waals surface area contributed by atoms with E-state index in [1.54, 1.807) is 12.1 Å². The van der Waals surface area contributed by atoms with Crippen LogP contribution in [0.4, 0.5) is 5.69 Å². The van der Waals surface area contributed by atoms with Crippen molar-refractivity contribution in [2.45, 2.75) is 19.4 Å². The summed E-state index contributed by atoms with van der Waals surface area (Å²) in [6, 6.07) is 15.3. The molecule has 5 heteroatoms. The zero-order chi connectivity index (χ0) is 15.9. The van der Waals surface area contributed by atoms with Gasteiger partial charge in [0.1, 0.15) is 5.75 Å². The minimum Gasteiger partial charge on any atom is -0.508 e. The summed E-state index contributed by atoms with van der Waals surface area (Å²) in [6.45, 7) is 1.42. The number of rotatable bonds is 5. The molecular formula is C17H18N2O3. The topological polar surface area (TPSA) is 78.4 Å². The van der Waals surface area contributed by atoms with Crippen LogP contribution in [-0.2, 0) is 9.59 Å². The number of nitrogens with one attached hydrogen (secondary N) is 2. The summed E-state index contributed by atoms with van der Waals surface area (Å²) < 4.78 is 0. The Morgan fingerprint density at radius 3 is 2.45 bits per heavy atom. The Kier molecular flexibility index (Phi) is 5.14. The molecule has 0 aliphatic heterocycles. The first-order chi connectivity index (χ1) is 10.5. The Morgan fingerprint density at radius 1 is 1.09 bits per heavy atom. The molecule has 0 aromatic heterocycles. The van der Waals surface area contributed by atoms with Crippen LogP contribution in [0.2, 0.25) is 0 Å². The van der Waals surface area contributed by atoms with E-state index in [1.165, 1.54) is 19.1 Å². The predicted octanol–water partition coefficient (Wildman–Crippen LogP) is 2.60. The van der Waals surface area contributed by atoms with Crippen molar-refractivity contribution < 1.29 is 14.7 Å². The minimum absolute atomic E-state index is 0.0827. The van der Waals surface area contributed by atoms with Crippen LogP contribution in [0.25, 0.3) is 0 Å². The van der Waals surface area contributed by atoms with Crippen LogP contribution in [0, 0.1) is 0 Å². The highest BCUT2D eigenvalue weighted by molar-refractivity contribution is 5.91. The largest absolute Gasteiger partial charge is 0.508 e. The molecule has 0 spiro atoms. The van der Waals surface area contributed by atoms with Gasteiger partial charge < -0.3 is 15.7 Å². The van der Waals surface area contributed by atoms with Crippen LogP contribution in [0.3, 0.4) is 0 Å². The van der Waals surface area contributed by atoms with Gasteiger partial charge in [-0.25, -0.2) is 0 Å². The van der Waals surface area contributed by atoms with Gasteiger partial charge in [-0.1, -0.05) is 36.4 Å². The van der Waals surface area contributed by atoms with Crippen molar-refractivity contribution in [3.63, 3.8) is 0 Å². The Hall–Kier alpha value is -2.82. The van der Waals surface area contributed by atoms with Crippen LogP contribution >= 0.6 is 0 Å². The number of carbonyl (C=O) groups excluding carboxylic acids is 2. The fraction of sp³-hybridized carbons (Fsp3) is 0.176. The fourth-order valence-electron chi connectivity index (χ4n) is 2.16. The lowest BCUT2D eigenvalue weighted by Gasteiger charge is -2.18. The molecule has 2 aromatic carbocycles. The average Bonchev–Trinajstić information content (AvgIpc) is 2.47. The molecule has 5 nitrogen and oxygen atoms in total. The molecule has 2 aromatic rings. The maximum Gasteiger partial charge on any atom is 0.226 e. The van der Waals surface area contributed by atoms with Crippen molar-refractivity contribution in [2.75, 3.05) is 5.32 Å². The van der Waals surface area contributed by atoms with Crippen molar-refractivity contribution in [3.8, 4) is 5.75 Å². The van der Waals surface area contributed by atoms with E-state index >= 15 is 0 Å². The smallest absolute Gasteiger partial charge is 0.226 e. The zero-order valence-electron chi connectivity index (χ0n) is 12.2. The summed E-state index contributed by atoms with van der Waals surface area (Å²) in [5, 5.41) is 14.9. The molecule has 1 unspecified atom stereocenters. The normalized spacial score (nSPS) is 11.5. The molecule has 0 saturated heterocycles. The average molecular weight is 298 g/mol. The summed E-state index contributed by atoms with van der Waals surface area (Å²) in [4.78, 5) is 23.5. The summed E-state index contributed by atoms with van der Waals surface area (Å²) in [5.41, 5.74) is 1.38. The van der Waals surface area contributed by atoms with Gasteiger partial charge in [-0.2, -0.15) is 0 Å². The quantitative estimate of drug-likeness (QED) is 0.794. The number of hydrogen-bond donors (Lipinski definition) is 3. The van der Waals surface area contributed by atoms with Crippen molar-refractivity contribution >= 4 is 17.5 Å². The van der Waals surface area contributed by atoms with Crippen LogP contribution < -0.4 is 10.6 Å². The van der Waals surface area contributed by atoms with Gasteiger partial charge in [0.05, 0.1) is 12.5 Å². The molecule has 0 radical (unpaired) electrons. The van der Waals surface area contributed by atoms with Gasteiger partial charge in [0, 0.05) is 18.7 Å². The molecule has 0 saturated carbocycles. The molecule has 0 aliphatic carbocycles. The molecule has 0 bridgehead atoms. The lowest BCUT2D eigenvalue weighted by Crippen LogP contribution is -2.29. The van der Waals surface area contributed by atoms with E-state index in [0.717, 1.165) is 5.56 Å². The number of anilines is 1. The summed E-state index contributed by atoms with van der Waals surface area (Å²) in [7, 11) is 0. The highest BCUT2D eigenvalue weighted by atomic mass is 16.3. The van der Waals surface area contributed by atoms with Gasteiger partial charge in [-0.3, -0.25) is 9.59 Å². The molecule has 0 heterocycles. The summed E-state index contributed by atoms with van der Waals surface area (Å²) in [5.74, 6) is -0.355. The second-order valence-corrected chi connectivity index (χ2v) is 4.97. The molecule has 3 N–H and O–H groups in total. The highest BCUT2D eigenvalue weighted by Crippen LogP contribution is 2.19. The van der Waals surface area contributed by atoms with Crippen molar-refractivity contribution in [1.82, 2.24) is 5.32 Å². The predicted molar refractivity (Wildman–Crippen MR) is 84.4 cm³/mol. The minimum atomic E-state index is -0.393. The molecule has 2 amide bonds. The van der Waals surface area contributed by atoms with Gasteiger partial charge in [0.25, 0.3) is 0 Å². The lowest BCUT2D eigenvalue weighted by atomic mass is 10.0. The number of phenolic OH excluding ortho intramolecular Hbond substituents is 1. The summed E-state index contributed by atoms with van der Waals surface area (Å²) in [6.07, 6.45) is 0.110. The molecule has 22 heavy (non-hydrogen) atoms. The maximum absolute atomic E-state index is 12.1. The van der Waals surface area contributed by atoms with Gasteiger partial charge in [-0.05, 0) is 17.7 Å². The first-order valence-corrected chi connectivity index (χ1v) is 6.95. The zero-order valence-corrected chi connectivity index (χ0v) is 12.2. The first kappa shape index (κ1) is 15.6. The second kappa shape index (κ2) is 7.26. The molecular weight excluding hydrogens is 280 g/mol. The highest BCUT2D eigenvalue weighted by Gasteiger charge is 2.17. The molecule has 0 aliphatic rings. The van der Waals surface area contributed by atoms with Gasteiger partial charge in [0.15, 0.2) is 0 Å². The van der Waals surface area contributed by atoms with Crippen LogP contribution in [0.5, 0.6) is 5.75 Å².